The molecule has 0 aromatic heterocycles. The summed E-state index contributed by atoms with van der Waals surface area (Å²) >= 11 is 0. The third-order valence-corrected chi connectivity index (χ3v) is 6.13. The number of rotatable bonds is 8. The van der Waals surface area contributed by atoms with Gasteiger partial charge < -0.3 is 10.1 Å². The zero-order chi connectivity index (χ0) is 22.3. The van der Waals surface area contributed by atoms with Crippen LogP contribution in [0, 0.1) is 5.82 Å². The molecule has 3 aromatic carbocycles. The molecule has 1 aliphatic rings. The molecule has 0 fully saturated rings. The van der Waals surface area contributed by atoms with E-state index in [1.54, 1.807) is 24.3 Å². The van der Waals surface area contributed by atoms with Crippen molar-refractivity contribution in [1.29, 1.82) is 0 Å². The summed E-state index contributed by atoms with van der Waals surface area (Å²) in [5.41, 5.74) is 5.66. The Labute approximate surface area is 189 Å². The van der Waals surface area contributed by atoms with Crippen LogP contribution in [0.4, 0.5) is 4.39 Å². The van der Waals surface area contributed by atoms with Crippen LogP contribution in [0.15, 0.2) is 72.8 Å². The fraction of sp³-hybridized carbons (Fsp3) is 0.296. The van der Waals surface area contributed by atoms with E-state index >= 15 is 0 Å². The third-order valence-electron chi connectivity index (χ3n) is 6.13. The number of benzene rings is 3. The molecule has 0 saturated heterocycles. The average Bonchev–Trinajstić information content (AvgIpc) is 2.83. The van der Waals surface area contributed by atoms with E-state index in [9.17, 15) is 9.18 Å². The first-order valence-electron chi connectivity index (χ1n) is 11.1. The van der Waals surface area contributed by atoms with Gasteiger partial charge in [0.2, 0.25) is 0 Å². The summed E-state index contributed by atoms with van der Waals surface area (Å²) in [6, 6.07) is 23.4. The molecular formula is C27H29FN2O2. The summed E-state index contributed by atoms with van der Waals surface area (Å²) in [6.45, 7) is 3.47. The van der Waals surface area contributed by atoms with Gasteiger partial charge in [0.25, 0.3) is 0 Å². The molecular weight excluding hydrogens is 403 g/mol. The van der Waals surface area contributed by atoms with Crippen molar-refractivity contribution >= 4 is 5.97 Å². The maximum atomic E-state index is 13.3. The summed E-state index contributed by atoms with van der Waals surface area (Å²) in [6.07, 6.45) is 1.91. The Balaban J connectivity index is 1.35. The quantitative estimate of drug-likeness (QED) is 0.424. The van der Waals surface area contributed by atoms with Crippen LogP contribution in [0.2, 0.25) is 0 Å². The van der Waals surface area contributed by atoms with Crippen molar-refractivity contribution in [2.24, 2.45) is 0 Å². The minimum atomic E-state index is -0.318. The number of nitrogens with zero attached hydrogens (tertiary/aromatic N) is 1. The van der Waals surface area contributed by atoms with Crippen molar-refractivity contribution in [3.63, 3.8) is 0 Å². The molecule has 0 aliphatic carbocycles. The van der Waals surface area contributed by atoms with Gasteiger partial charge in [-0.25, -0.2) is 9.18 Å². The van der Waals surface area contributed by atoms with Gasteiger partial charge in [0.05, 0.1) is 12.7 Å². The number of carbonyl (C=O) groups excluding carboxylic acids is 1. The van der Waals surface area contributed by atoms with Crippen LogP contribution in [0.1, 0.15) is 32.6 Å². The summed E-state index contributed by atoms with van der Waals surface area (Å²) in [7, 11) is 1.39. The van der Waals surface area contributed by atoms with Crippen LogP contribution in [0.25, 0.3) is 0 Å². The fourth-order valence-corrected chi connectivity index (χ4v) is 4.33. The molecule has 1 N–H and O–H groups in total. The molecule has 32 heavy (non-hydrogen) atoms. The Kier molecular flexibility index (Phi) is 7.30. The SMILES string of the molecule is COC(=O)c1ccc(CNCCN2Cc3ccccc3CC2Cc2ccc(F)cc2)cc1. The first-order chi connectivity index (χ1) is 15.6. The van der Waals surface area contributed by atoms with Crippen molar-refractivity contribution in [2.45, 2.75) is 32.0 Å². The normalized spacial score (nSPS) is 15.9. The number of halogens is 1. The predicted octanol–water partition coefficient (Wildman–Crippen LogP) is 4.37. The lowest BCUT2D eigenvalue weighted by atomic mass is 9.90. The van der Waals surface area contributed by atoms with E-state index in [4.69, 9.17) is 4.74 Å². The van der Waals surface area contributed by atoms with E-state index in [0.717, 1.165) is 44.6 Å². The molecule has 1 unspecified atom stereocenters. The van der Waals surface area contributed by atoms with Gasteiger partial charge in [0, 0.05) is 32.2 Å². The van der Waals surface area contributed by atoms with E-state index in [-0.39, 0.29) is 11.8 Å². The van der Waals surface area contributed by atoms with Crippen LogP contribution in [0.3, 0.4) is 0 Å². The number of methoxy groups -OCH3 is 1. The number of hydrogen-bond acceptors (Lipinski definition) is 4. The number of nitrogens with one attached hydrogen (secondary N) is 1. The van der Waals surface area contributed by atoms with Gasteiger partial charge in [0.1, 0.15) is 5.82 Å². The van der Waals surface area contributed by atoms with Crippen molar-refractivity contribution in [2.75, 3.05) is 20.2 Å². The van der Waals surface area contributed by atoms with Crippen LogP contribution in [-0.4, -0.2) is 37.1 Å². The number of carbonyl (C=O) groups is 1. The van der Waals surface area contributed by atoms with Gasteiger partial charge in [-0.2, -0.15) is 0 Å². The molecule has 0 spiro atoms. The maximum absolute atomic E-state index is 13.3. The van der Waals surface area contributed by atoms with Gasteiger partial charge >= 0.3 is 5.97 Å². The smallest absolute Gasteiger partial charge is 0.337 e. The largest absolute Gasteiger partial charge is 0.465 e. The number of ether oxygens (including phenoxy) is 1. The zero-order valence-corrected chi connectivity index (χ0v) is 18.4. The van der Waals surface area contributed by atoms with Crippen LogP contribution < -0.4 is 5.32 Å². The minimum Gasteiger partial charge on any atom is -0.465 e. The zero-order valence-electron chi connectivity index (χ0n) is 18.4. The van der Waals surface area contributed by atoms with Gasteiger partial charge in [-0.15, -0.1) is 0 Å². The number of fused-ring (bicyclic) bond motifs is 1. The molecule has 5 heteroatoms. The average molecular weight is 433 g/mol. The Morgan fingerprint density at radius 2 is 1.69 bits per heavy atom. The first-order valence-corrected chi connectivity index (χ1v) is 11.1. The monoisotopic (exact) mass is 432 g/mol. The predicted molar refractivity (Wildman–Crippen MR) is 124 cm³/mol. The lowest BCUT2D eigenvalue weighted by molar-refractivity contribution is 0.0600. The Morgan fingerprint density at radius 1 is 1.00 bits per heavy atom. The van der Waals surface area contributed by atoms with Gasteiger partial charge in [-0.05, 0) is 59.4 Å². The van der Waals surface area contributed by atoms with Gasteiger partial charge in [-0.3, -0.25) is 4.90 Å². The number of esters is 1. The number of hydrogen-bond donors (Lipinski definition) is 1. The maximum Gasteiger partial charge on any atom is 0.337 e. The van der Waals surface area contributed by atoms with Crippen LogP contribution in [-0.2, 0) is 30.7 Å². The Hall–Kier alpha value is -3.02. The summed E-state index contributed by atoms with van der Waals surface area (Å²) < 4.78 is 18.1. The second kappa shape index (κ2) is 10.5. The minimum absolute atomic E-state index is 0.191. The molecule has 0 radical (unpaired) electrons. The van der Waals surface area contributed by atoms with Crippen molar-refractivity contribution in [3.8, 4) is 0 Å². The molecule has 1 aliphatic heterocycles. The van der Waals surface area contributed by atoms with E-state index in [0.29, 0.717) is 11.6 Å². The third kappa shape index (κ3) is 5.61. The first kappa shape index (κ1) is 22.2. The summed E-state index contributed by atoms with van der Waals surface area (Å²) in [4.78, 5) is 14.1. The van der Waals surface area contributed by atoms with Gasteiger partial charge in [0.15, 0.2) is 0 Å². The van der Waals surface area contributed by atoms with E-state index < -0.39 is 0 Å². The van der Waals surface area contributed by atoms with Crippen molar-refractivity contribution in [1.82, 2.24) is 10.2 Å². The summed E-state index contributed by atoms with van der Waals surface area (Å²) in [5, 5.41) is 3.52. The topological polar surface area (TPSA) is 41.6 Å². The van der Waals surface area contributed by atoms with Crippen LogP contribution in [0.5, 0.6) is 0 Å². The fourth-order valence-electron chi connectivity index (χ4n) is 4.33. The van der Waals surface area contributed by atoms with E-state index in [2.05, 4.69) is 34.5 Å². The lowest BCUT2D eigenvalue weighted by Gasteiger charge is -2.37. The molecule has 0 bridgehead atoms. The molecule has 1 atom stereocenters. The lowest BCUT2D eigenvalue weighted by Crippen LogP contribution is -2.44. The van der Waals surface area contributed by atoms with Crippen LogP contribution >= 0.6 is 0 Å². The summed E-state index contributed by atoms with van der Waals surface area (Å²) in [5.74, 6) is -0.509. The second-order valence-corrected chi connectivity index (χ2v) is 8.29. The molecule has 1 heterocycles. The molecule has 4 nitrogen and oxygen atoms in total. The second-order valence-electron chi connectivity index (χ2n) is 8.29. The molecule has 3 aromatic rings. The molecule has 0 amide bonds. The Bertz CT molecular complexity index is 1030. The molecule has 0 saturated carbocycles. The highest BCUT2D eigenvalue weighted by Gasteiger charge is 2.25. The van der Waals surface area contributed by atoms with Crippen molar-refractivity contribution in [3.05, 3.63) is 106 Å². The highest BCUT2D eigenvalue weighted by Crippen LogP contribution is 2.25. The van der Waals surface area contributed by atoms with E-state index in [1.165, 1.54) is 23.8 Å². The molecule has 4 rings (SSSR count). The highest BCUT2D eigenvalue weighted by atomic mass is 19.1. The standard InChI is InChI=1S/C27H29FN2O2/c1-32-27(31)22-10-6-21(7-11-22)18-29-14-15-30-19-24-5-3-2-4-23(24)17-26(30)16-20-8-12-25(28)13-9-20/h2-13,26,29H,14-19H2,1H3. The molecule has 166 valence electrons. The highest BCUT2D eigenvalue weighted by molar-refractivity contribution is 5.89. The van der Waals surface area contributed by atoms with E-state index in [1.807, 2.05) is 24.3 Å². The van der Waals surface area contributed by atoms with Gasteiger partial charge in [-0.1, -0.05) is 48.5 Å². The Morgan fingerprint density at radius 3 is 2.41 bits per heavy atom. The van der Waals surface area contributed by atoms with Crippen molar-refractivity contribution < 1.29 is 13.9 Å².